The summed E-state index contributed by atoms with van der Waals surface area (Å²) >= 11 is 3.82. The highest BCUT2D eigenvalue weighted by molar-refractivity contribution is 8.16. The van der Waals surface area contributed by atoms with Gasteiger partial charge < -0.3 is 10.1 Å². The van der Waals surface area contributed by atoms with Crippen LogP contribution in [0.3, 0.4) is 0 Å². The zero-order valence-electron chi connectivity index (χ0n) is 16.6. The van der Waals surface area contributed by atoms with Crippen molar-refractivity contribution in [2.75, 3.05) is 11.5 Å². The lowest BCUT2D eigenvalue weighted by Gasteiger charge is -2.21. The lowest BCUT2D eigenvalue weighted by atomic mass is 10.1. The van der Waals surface area contributed by atoms with Crippen LogP contribution in [0.25, 0.3) is 0 Å². The highest BCUT2D eigenvalue weighted by atomic mass is 32.2. The molecule has 30 heavy (non-hydrogen) atoms. The van der Waals surface area contributed by atoms with Crippen LogP contribution in [-0.2, 0) is 16.1 Å². The monoisotopic (exact) mass is 444 g/mol. The van der Waals surface area contributed by atoms with Crippen molar-refractivity contribution in [1.82, 2.24) is 10.6 Å². The maximum absolute atomic E-state index is 12.3. The second-order valence-electron chi connectivity index (χ2n) is 6.75. The SMILES string of the molecule is CC(OC(=O)c1ccc(C2SCCCS2)cc1)C(=O)NC(=O)NCc1ccccc1. The van der Waals surface area contributed by atoms with Gasteiger partial charge in [-0.25, -0.2) is 9.59 Å². The Labute approximate surface area is 184 Å². The minimum Gasteiger partial charge on any atom is -0.449 e. The van der Waals surface area contributed by atoms with Gasteiger partial charge in [-0.05, 0) is 48.1 Å². The predicted molar refractivity (Wildman–Crippen MR) is 120 cm³/mol. The molecule has 3 amide bonds. The Kier molecular flexibility index (Phi) is 8.21. The van der Waals surface area contributed by atoms with Gasteiger partial charge in [0.1, 0.15) is 0 Å². The normalized spacial score (nSPS) is 15.1. The van der Waals surface area contributed by atoms with Crippen LogP contribution in [0.2, 0.25) is 0 Å². The summed E-state index contributed by atoms with van der Waals surface area (Å²) in [6, 6.07) is 16.0. The Morgan fingerprint density at radius 3 is 2.37 bits per heavy atom. The molecule has 0 spiro atoms. The van der Waals surface area contributed by atoms with E-state index in [0.29, 0.717) is 10.1 Å². The number of imide groups is 1. The third kappa shape index (κ3) is 6.53. The van der Waals surface area contributed by atoms with Gasteiger partial charge in [0.05, 0.1) is 10.1 Å². The topological polar surface area (TPSA) is 84.5 Å². The Morgan fingerprint density at radius 2 is 1.70 bits per heavy atom. The van der Waals surface area contributed by atoms with E-state index < -0.39 is 24.0 Å². The molecule has 3 rings (SSSR count). The average Bonchev–Trinajstić information content (AvgIpc) is 2.79. The van der Waals surface area contributed by atoms with Crippen LogP contribution in [0.5, 0.6) is 0 Å². The molecule has 158 valence electrons. The Morgan fingerprint density at radius 1 is 1.03 bits per heavy atom. The summed E-state index contributed by atoms with van der Waals surface area (Å²) < 4.78 is 5.60. The Bertz CT molecular complexity index is 868. The van der Waals surface area contributed by atoms with Crippen LogP contribution in [0, 0.1) is 0 Å². The minimum absolute atomic E-state index is 0.290. The van der Waals surface area contributed by atoms with E-state index in [1.807, 2.05) is 66.0 Å². The smallest absolute Gasteiger partial charge is 0.338 e. The van der Waals surface area contributed by atoms with Gasteiger partial charge >= 0.3 is 12.0 Å². The molecule has 2 N–H and O–H groups in total. The van der Waals surface area contributed by atoms with E-state index in [0.717, 1.165) is 17.1 Å². The number of amides is 3. The molecular weight excluding hydrogens is 420 g/mol. The van der Waals surface area contributed by atoms with Crippen LogP contribution in [0.1, 0.15) is 39.4 Å². The van der Waals surface area contributed by atoms with Gasteiger partial charge in [-0.15, -0.1) is 23.5 Å². The van der Waals surface area contributed by atoms with E-state index in [2.05, 4.69) is 10.6 Å². The molecule has 1 aliphatic heterocycles. The Hall–Kier alpha value is -2.45. The van der Waals surface area contributed by atoms with Crippen molar-refractivity contribution >= 4 is 41.4 Å². The molecule has 0 bridgehead atoms. The maximum Gasteiger partial charge on any atom is 0.338 e. The fraction of sp³-hybridized carbons (Fsp3) is 0.318. The predicted octanol–water partition coefficient (Wildman–Crippen LogP) is 4.13. The molecule has 0 aliphatic carbocycles. The molecule has 1 aliphatic rings. The molecule has 1 unspecified atom stereocenters. The zero-order chi connectivity index (χ0) is 21.3. The van der Waals surface area contributed by atoms with Crippen molar-refractivity contribution < 1.29 is 19.1 Å². The molecule has 0 radical (unpaired) electrons. The van der Waals surface area contributed by atoms with Crippen molar-refractivity contribution in [3.63, 3.8) is 0 Å². The van der Waals surface area contributed by atoms with Crippen LogP contribution in [0.15, 0.2) is 54.6 Å². The van der Waals surface area contributed by atoms with Crippen molar-refractivity contribution in [2.24, 2.45) is 0 Å². The van der Waals surface area contributed by atoms with E-state index in [-0.39, 0.29) is 6.54 Å². The van der Waals surface area contributed by atoms with Gasteiger partial charge in [-0.2, -0.15) is 0 Å². The number of esters is 1. The van der Waals surface area contributed by atoms with Crippen LogP contribution < -0.4 is 10.6 Å². The van der Waals surface area contributed by atoms with E-state index in [1.165, 1.54) is 18.9 Å². The first kappa shape index (κ1) is 22.2. The number of ether oxygens (including phenoxy) is 1. The number of hydrogen-bond acceptors (Lipinski definition) is 6. The molecule has 1 atom stereocenters. The molecule has 6 nitrogen and oxygen atoms in total. The van der Waals surface area contributed by atoms with Crippen molar-refractivity contribution in [1.29, 1.82) is 0 Å². The first-order chi connectivity index (χ1) is 14.5. The molecule has 2 aromatic rings. The fourth-order valence-corrected chi connectivity index (χ4v) is 5.67. The van der Waals surface area contributed by atoms with Gasteiger partial charge in [0, 0.05) is 6.54 Å². The quantitative estimate of drug-likeness (QED) is 0.652. The molecule has 1 fully saturated rings. The van der Waals surface area contributed by atoms with Gasteiger partial charge in [-0.1, -0.05) is 42.5 Å². The van der Waals surface area contributed by atoms with E-state index in [9.17, 15) is 14.4 Å². The van der Waals surface area contributed by atoms with Crippen molar-refractivity contribution in [2.45, 2.75) is 30.6 Å². The maximum atomic E-state index is 12.3. The summed E-state index contributed by atoms with van der Waals surface area (Å²) in [5.41, 5.74) is 2.45. The van der Waals surface area contributed by atoms with E-state index in [1.54, 1.807) is 12.1 Å². The number of benzene rings is 2. The third-order valence-corrected chi connectivity index (χ3v) is 7.45. The Balaban J connectivity index is 1.45. The number of urea groups is 1. The third-order valence-electron chi connectivity index (χ3n) is 4.43. The van der Waals surface area contributed by atoms with Crippen LogP contribution >= 0.6 is 23.5 Å². The molecule has 0 aromatic heterocycles. The number of hydrogen-bond donors (Lipinski definition) is 2. The first-order valence-corrected chi connectivity index (χ1v) is 11.8. The van der Waals surface area contributed by atoms with Crippen LogP contribution in [0.4, 0.5) is 4.79 Å². The highest BCUT2D eigenvalue weighted by Crippen LogP contribution is 2.43. The minimum atomic E-state index is -1.09. The van der Waals surface area contributed by atoms with Gasteiger partial charge in [0.2, 0.25) is 0 Å². The molecular formula is C22H24N2O4S2. The number of thioether (sulfide) groups is 2. The van der Waals surface area contributed by atoms with Gasteiger partial charge in [-0.3, -0.25) is 10.1 Å². The van der Waals surface area contributed by atoms with Crippen molar-refractivity contribution in [3.05, 3.63) is 71.3 Å². The highest BCUT2D eigenvalue weighted by Gasteiger charge is 2.22. The molecule has 8 heteroatoms. The average molecular weight is 445 g/mol. The molecule has 1 saturated heterocycles. The van der Waals surface area contributed by atoms with Crippen molar-refractivity contribution in [3.8, 4) is 0 Å². The van der Waals surface area contributed by atoms with E-state index >= 15 is 0 Å². The summed E-state index contributed by atoms with van der Waals surface area (Å²) in [5, 5.41) is 4.78. The lowest BCUT2D eigenvalue weighted by molar-refractivity contribution is -0.127. The number of carbonyl (C=O) groups is 3. The first-order valence-electron chi connectivity index (χ1n) is 9.69. The second-order valence-corrected chi connectivity index (χ2v) is 9.48. The lowest BCUT2D eigenvalue weighted by Crippen LogP contribution is -2.44. The number of carbonyl (C=O) groups excluding carboxylic acids is 3. The van der Waals surface area contributed by atoms with Crippen LogP contribution in [-0.4, -0.2) is 35.5 Å². The fourth-order valence-electron chi connectivity index (χ4n) is 2.77. The van der Waals surface area contributed by atoms with E-state index in [4.69, 9.17) is 4.74 Å². The molecule has 1 heterocycles. The summed E-state index contributed by atoms with van der Waals surface area (Å²) in [5.74, 6) is 1.01. The number of nitrogens with one attached hydrogen (secondary N) is 2. The number of rotatable bonds is 6. The second kappa shape index (κ2) is 11.1. The van der Waals surface area contributed by atoms with Gasteiger partial charge in [0.25, 0.3) is 5.91 Å². The summed E-state index contributed by atoms with van der Waals surface area (Å²) in [7, 11) is 0. The summed E-state index contributed by atoms with van der Waals surface area (Å²) in [4.78, 5) is 36.4. The largest absolute Gasteiger partial charge is 0.449 e. The molecule has 2 aromatic carbocycles. The standard InChI is InChI=1S/C22H24N2O4S2/c1-15(19(25)24-22(27)23-14-16-6-3-2-4-7-16)28-20(26)17-8-10-18(11-9-17)21-29-12-5-13-30-21/h2-4,6-11,15,21H,5,12-14H2,1H3,(H2,23,24,25,27). The van der Waals surface area contributed by atoms with Gasteiger partial charge in [0.15, 0.2) is 6.10 Å². The zero-order valence-corrected chi connectivity index (χ0v) is 18.3. The summed E-state index contributed by atoms with van der Waals surface area (Å²) in [6.07, 6.45) is 0.129. The summed E-state index contributed by atoms with van der Waals surface area (Å²) in [6.45, 7) is 1.72. The molecule has 0 saturated carbocycles.